The van der Waals surface area contributed by atoms with Gasteiger partial charge in [-0.15, -0.1) is 0 Å². The third-order valence-corrected chi connectivity index (χ3v) is 4.77. The zero-order chi connectivity index (χ0) is 22.2. The molecule has 0 saturated carbocycles. The van der Waals surface area contributed by atoms with Crippen molar-refractivity contribution in [2.75, 3.05) is 25.6 Å². The molecule has 1 heterocycles. The van der Waals surface area contributed by atoms with Gasteiger partial charge < -0.3 is 9.47 Å². The van der Waals surface area contributed by atoms with Crippen LogP contribution in [0.5, 0.6) is 5.75 Å². The molecule has 5 nitrogen and oxygen atoms in total. The predicted molar refractivity (Wildman–Crippen MR) is 114 cm³/mol. The van der Waals surface area contributed by atoms with E-state index < -0.39 is 22.7 Å². The zero-order valence-corrected chi connectivity index (χ0v) is 17.3. The summed E-state index contributed by atoms with van der Waals surface area (Å²) >= 11 is 0.708. The largest absolute Gasteiger partial charge is 0.493 e. The van der Waals surface area contributed by atoms with Gasteiger partial charge in [0, 0.05) is 37.3 Å². The maximum atomic E-state index is 13.9. The summed E-state index contributed by atoms with van der Waals surface area (Å²) in [4.78, 5) is 16.4. The van der Waals surface area contributed by atoms with Gasteiger partial charge >= 0.3 is 0 Å². The number of aromatic nitrogens is 1. The molecule has 9 heteroatoms. The highest BCUT2D eigenvalue weighted by Gasteiger charge is 2.12. The monoisotopic (exact) mass is 448 g/mol. The summed E-state index contributed by atoms with van der Waals surface area (Å²) in [6, 6.07) is 8.06. The predicted octanol–water partition coefficient (Wildman–Crippen LogP) is 5.40. The van der Waals surface area contributed by atoms with Gasteiger partial charge in [-0.3, -0.25) is 10.1 Å². The Morgan fingerprint density at radius 1 is 1.13 bits per heavy atom. The van der Waals surface area contributed by atoms with E-state index in [9.17, 15) is 18.0 Å². The van der Waals surface area contributed by atoms with Gasteiger partial charge in [0.1, 0.15) is 17.4 Å². The van der Waals surface area contributed by atoms with Crippen LogP contribution in [0.15, 0.2) is 42.6 Å². The summed E-state index contributed by atoms with van der Waals surface area (Å²) in [5.41, 5.74) is 1.000. The van der Waals surface area contributed by atoms with Gasteiger partial charge in [-0.2, -0.15) is 4.39 Å². The minimum absolute atomic E-state index is 0.124. The minimum atomic E-state index is -0.702. The number of halogens is 3. The molecule has 3 rings (SSSR count). The molecule has 1 amide bonds. The van der Waals surface area contributed by atoms with Crippen molar-refractivity contribution in [3.8, 4) is 5.75 Å². The van der Waals surface area contributed by atoms with Gasteiger partial charge in [0.05, 0.1) is 12.8 Å². The first-order valence-electron chi connectivity index (χ1n) is 9.27. The minimum Gasteiger partial charge on any atom is -0.493 e. The van der Waals surface area contributed by atoms with Crippen LogP contribution in [0.25, 0.3) is 12.2 Å². The zero-order valence-electron chi connectivity index (χ0n) is 16.5. The topological polar surface area (TPSA) is 60.5 Å². The van der Waals surface area contributed by atoms with Crippen molar-refractivity contribution < 1.29 is 27.4 Å². The van der Waals surface area contributed by atoms with Crippen molar-refractivity contribution in [3.05, 3.63) is 76.1 Å². The SMILES string of the molecule is COCCCOc1cc(/C=C/c2ccc(F)cc2F)cc(C(=O)Nc2ncc(F)s2)c1. The molecule has 1 N–H and O–H groups in total. The summed E-state index contributed by atoms with van der Waals surface area (Å²) < 4.78 is 50.8. The van der Waals surface area contributed by atoms with Gasteiger partial charge in [0.2, 0.25) is 0 Å². The molecule has 0 fully saturated rings. The summed E-state index contributed by atoms with van der Waals surface area (Å²) in [6.07, 6.45) is 4.72. The number of nitrogens with one attached hydrogen (secondary N) is 1. The second-order valence-corrected chi connectivity index (χ2v) is 7.39. The number of carbonyl (C=O) groups excluding carboxylic acids is 1. The van der Waals surface area contributed by atoms with Crippen LogP contribution in [-0.2, 0) is 4.74 Å². The number of carbonyl (C=O) groups is 1. The molecule has 3 aromatic rings. The first-order chi connectivity index (χ1) is 14.9. The Labute approximate surface area is 181 Å². The van der Waals surface area contributed by atoms with Crippen LogP contribution in [0.4, 0.5) is 18.3 Å². The number of hydrogen-bond acceptors (Lipinski definition) is 5. The fraction of sp³-hybridized carbons (Fsp3) is 0.182. The highest BCUT2D eigenvalue weighted by molar-refractivity contribution is 7.14. The second-order valence-electron chi connectivity index (χ2n) is 6.41. The molecule has 1 aromatic heterocycles. The number of nitrogens with zero attached hydrogens (tertiary/aromatic N) is 1. The molecular formula is C22H19F3N2O3S. The lowest BCUT2D eigenvalue weighted by molar-refractivity contribution is 0.102. The molecule has 2 aromatic carbocycles. The molecule has 0 aliphatic carbocycles. The Hall–Kier alpha value is -3.17. The van der Waals surface area contributed by atoms with E-state index >= 15 is 0 Å². The molecule has 0 saturated heterocycles. The molecule has 0 unspecified atom stereocenters. The average Bonchev–Trinajstić information content (AvgIpc) is 3.15. The van der Waals surface area contributed by atoms with Crippen molar-refractivity contribution in [2.24, 2.45) is 0 Å². The summed E-state index contributed by atoms with van der Waals surface area (Å²) in [5.74, 6) is -1.45. The molecule has 0 radical (unpaired) electrons. The third-order valence-electron chi connectivity index (χ3n) is 4.07. The lowest BCUT2D eigenvalue weighted by Crippen LogP contribution is -2.12. The van der Waals surface area contributed by atoms with E-state index in [2.05, 4.69) is 10.3 Å². The van der Waals surface area contributed by atoms with E-state index in [4.69, 9.17) is 9.47 Å². The Balaban J connectivity index is 1.84. The lowest BCUT2D eigenvalue weighted by Gasteiger charge is -2.10. The summed E-state index contributed by atoms with van der Waals surface area (Å²) in [7, 11) is 1.59. The van der Waals surface area contributed by atoms with Crippen molar-refractivity contribution in [2.45, 2.75) is 6.42 Å². The molecular weight excluding hydrogens is 429 g/mol. The van der Waals surface area contributed by atoms with Crippen LogP contribution in [0, 0.1) is 16.8 Å². The number of rotatable bonds is 9. The van der Waals surface area contributed by atoms with Crippen molar-refractivity contribution in [1.29, 1.82) is 0 Å². The molecule has 0 aliphatic heterocycles. The molecule has 0 spiro atoms. The van der Waals surface area contributed by atoms with E-state index in [1.165, 1.54) is 12.1 Å². The van der Waals surface area contributed by atoms with E-state index in [1.807, 2.05) is 0 Å². The molecule has 0 aliphatic rings. The van der Waals surface area contributed by atoms with Crippen molar-refractivity contribution in [1.82, 2.24) is 4.98 Å². The number of hydrogen-bond donors (Lipinski definition) is 1. The van der Waals surface area contributed by atoms with E-state index in [-0.39, 0.29) is 16.3 Å². The summed E-state index contributed by atoms with van der Waals surface area (Å²) in [5, 5.41) is 2.13. The maximum absolute atomic E-state index is 13.9. The first kappa shape index (κ1) is 22.5. The van der Waals surface area contributed by atoms with Crippen LogP contribution in [0.3, 0.4) is 0 Å². The van der Waals surface area contributed by atoms with Crippen LogP contribution < -0.4 is 10.1 Å². The Bertz CT molecular complexity index is 1090. The Morgan fingerprint density at radius 3 is 2.68 bits per heavy atom. The number of ether oxygens (including phenoxy) is 2. The van der Waals surface area contributed by atoms with Gasteiger partial charge in [-0.1, -0.05) is 23.5 Å². The van der Waals surface area contributed by atoms with Crippen LogP contribution in [-0.4, -0.2) is 31.2 Å². The normalized spacial score (nSPS) is 11.1. The van der Waals surface area contributed by atoms with Crippen LogP contribution in [0.2, 0.25) is 0 Å². The second kappa shape index (κ2) is 10.7. The number of benzene rings is 2. The standard InChI is InChI=1S/C22H19F3N2O3S/c1-29-7-2-8-30-18-10-14(3-4-15-5-6-17(23)12-19(15)24)9-16(11-18)21(28)27-22-26-13-20(25)31-22/h3-6,9-13H,2,7-8H2,1H3,(H,26,27,28)/b4-3+. The number of methoxy groups -OCH3 is 1. The number of amides is 1. The number of anilines is 1. The van der Waals surface area contributed by atoms with Gasteiger partial charge in [0.25, 0.3) is 5.91 Å². The van der Waals surface area contributed by atoms with E-state index in [0.717, 1.165) is 18.3 Å². The van der Waals surface area contributed by atoms with Gasteiger partial charge in [-0.05, 0) is 35.9 Å². The molecule has 162 valence electrons. The first-order valence-corrected chi connectivity index (χ1v) is 10.1. The number of thiazole rings is 1. The van der Waals surface area contributed by atoms with Crippen LogP contribution >= 0.6 is 11.3 Å². The van der Waals surface area contributed by atoms with E-state index in [1.54, 1.807) is 31.4 Å². The highest BCUT2D eigenvalue weighted by Crippen LogP contribution is 2.23. The molecule has 0 atom stereocenters. The lowest BCUT2D eigenvalue weighted by atomic mass is 10.1. The van der Waals surface area contributed by atoms with Gasteiger partial charge in [-0.25, -0.2) is 13.8 Å². The Kier molecular flexibility index (Phi) is 7.80. The smallest absolute Gasteiger partial charge is 0.257 e. The Morgan fingerprint density at radius 2 is 1.97 bits per heavy atom. The highest BCUT2D eigenvalue weighted by atomic mass is 32.1. The fourth-order valence-electron chi connectivity index (χ4n) is 2.63. The molecule has 31 heavy (non-hydrogen) atoms. The van der Waals surface area contributed by atoms with Crippen molar-refractivity contribution >= 4 is 34.5 Å². The van der Waals surface area contributed by atoms with E-state index in [0.29, 0.717) is 42.3 Å². The average molecular weight is 448 g/mol. The maximum Gasteiger partial charge on any atom is 0.257 e. The van der Waals surface area contributed by atoms with Crippen molar-refractivity contribution in [3.63, 3.8) is 0 Å². The third kappa shape index (κ3) is 6.66. The van der Waals surface area contributed by atoms with Gasteiger partial charge in [0.15, 0.2) is 10.3 Å². The van der Waals surface area contributed by atoms with Crippen LogP contribution in [0.1, 0.15) is 27.9 Å². The summed E-state index contributed by atoms with van der Waals surface area (Å²) in [6.45, 7) is 0.888. The molecule has 0 bridgehead atoms. The quantitative estimate of drug-likeness (QED) is 0.352. The fourth-order valence-corrected chi connectivity index (χ4v) is 3.17.